The summed E-state index contributed by atoms with van der Waals surface area (Å²) in [6.07, 6.45) is 0.573. The number of carbonyl (C=O) groups is 2. The minimum absolute atomic E-state index is 0.0580. The zero-order valence-corrected chi connectivity index (χ0v) is 15.4. The molecule has 0 saturated carbocycles. The van der Waals surface area contributed by atoms with Crippen molar-refractivity contribution in [2.45, 2.75) is 23.8 Å². The van der Waals surface area contributed by atoms with Gasteiger partial charge in [-0.1, -0.05) is 42.4 Å². The number of para-hydroxylation sites is 2. The van der Waals surface area contributed by atoms with Crippen LogP contribution in [0, 0.1) is 0 Å². The molecule has 0 aliphatic rings. The number of nitrogens with one attached hydrogen (secondary N) is 2. The second-order valence-corrected chi connectivity index (χ2v) is 7.16. The lowest BCUT2D eigenvalue weighted by atomic mass is 10.2. The number of carboxylic acid groups (broad SMARTS) is 1. The van der Waals surface area contributed by atoms with Crippen LogP contribution in [-0.2, 0) is 4.79 Å². The van der Waals surface area contributed by atoms with Gasteiger partial charge in [-0.2, -0.15) is 0 Å². The van der Waals surface area contributed by atoms with Crippen LogP contribution in [0.3, 0.4) is 0 Å². The van der Waals surface area contributed by atoms with Crippen molar-refractivity contribution >= 4 is 52.0 Å². The molecule has 26 heavy (non-hydrogen) atoms. The quantitative estimate of drug-likeness (QED) is 0.542. The minimum Gasteiger partial charge on any atom is -0.478 e. The molecule has 3 N–H and O–H groups in total. The highest BCUT2D eigenvalue weighted by molar-refractivity contribution is 8.00. The molecule has 8 heteroatoms. The summed E-state index contributed by atoms with van der Waals surface area (Å²) in [6, 6.07) is 11.8. The lowest BCUT2D eigenvalue weighted by Crippen LogP contribution is -2.25. The zero-order valence-electron chi connectivity index (χ0n) is 13.8. The van der Waals surface area contributed by atoms with Crippen LogP contribution in [0.25, 0.3) is 11.0 Å². The second kappa shape index (κ2) is 7.80. The number of rotatable bonds is 6. The summed E-state index contributed by atoms with van der Waals surface area (Å²) >= 11 is 7.39. The Morgan fingerprint density at radius 2 is 2.08 bits per heavy atom. The third-order valence-electron chi connectivity index (χ3n) is 3.76. The number of thioether (sulfide) groups is 1. The molecule has 6 nitrogen and oxygen atoms in total. The van der Waals surface area contributed by atoms with Gasteiger partial charge in [-0.25, -0.2) is 9.78 Å². The smallest absolute Gasteiger partial charge is 0.335 e. The predicted octanol–water partition coefficient (Wildman–Crippen LogP) is 4.42. The van der Waals surface area contributed by atoms with Gasteiger partial charge in [0, 0.05) is 0 Å². The highest BCUT2D eigenvalue weighted by atomic mass is 35.5. The van der Waals surface area contributed by atoms with E-state index in [1.807, 2.05) is 31.2 Å². The van der Waals surface area contributed by atoms with E-state index in [9.17, 15) is 9.59 Å². The molecule has 3 aromatic rings. The van der Waals surface area contributed by atoms with Gasteiger partial charge in [0.25, 0.3) is 0 Å². The molecule has 0 bridgehead atoms. The van der Waals surface area contributed by atoms with Crippen LogP contribution in [0.4, 0.5) is 5.69 Å². The van der Waals surface area contributed by atoms with Crippen LogP contribution >= 0.6 is 23.4 Å². The monoisotopic (exact) mass is 389 g/mol. The number of fused-ring (bicyclic) bond motifs is 1. The highest BCUT2D eigenvalue weighted by Crippen LogP contribution is 2.28. The molecule has 1 unspecified atom stereocenters. The van der Waals surface area contributed by atoms with Gasteiger partial charge in [0.15, 0.2) is 5.16 Å². The van der Waals surface area contributed by atoms with E-state index in [0.717, 1.165) is 11.0 Å². The van der Waals surface area contributed by atoms with Crippen molar-refractivity contribution < 1.29 is 14.7 Å². The molecule has 2 aromatic carbocycles. The van der Waals surface area contributed by atoms with Gasteiger partial charge in [-0.3, -0.25) is 4.79 Å². The summed E-state index contributed by atoms with van der Waals surface area (Å²) in [5, 5.41) is 12.3. The molecule has 0 radical (unpaired) electrons. The van der Waals surface area contributed by atoms with Gasteiger partial charge in [-0.05, 0) is 36.8 Å². The van der Waals surface area contributed by atoms with E-state index in [1.165, 1.54) is 30.0 Å². The summed E-state index contributed by atoms with van der Waals surface area (Å²) in [7, 11) is 0. The van der Waals surface area contributed by atoms with Crippen LogP contribution in [-0.4, -0.2) is 32.2 Å². The Morgan fingerprint density at radius 1 is 1.31 bits per heavy atom. The fourth-order valence-corrected chi connectivity index (χ4v) is 3.50. The van der Waals surface area contributed by atoms with Crippen LogP contribution in [0.5, 0.6) is 0 Å². The van der Waals surface area contributed by atoms with E-state index >= 15 is 0 Å². The normalized spacial score (nSPS) is 12.1. The lowest BCUT2D eigenvalue weighted by molar-refractivity contribution is -0.115. The van der Waals surface area contributed by atoms with E-state index in [4.69, 9.17) is 16.7 Å². The number of hydrogen-bond acceptors (Lipinski definition) is 4. The number of benzene rings is 2. The molecule has 1 aromatic heterocycles. The maximum atomic E-state index is 12.6. The molecule has 3 rings (SSSR count). The standard InChI is InChI=1S/C18H16ClN3O3S/c1-2-15(26-18-21-12-5-3-4-6-13(12)22-18)16(23)20-14-9-10(17(24)25)7-8-11(14)19/h3-9,15H,2H2,1H3,(H,20,23)(H,21,22)(H,24,25). The Kier molecular flexibility index (Phi) is 5.49. The van der Waals surface area contributed by atoms with Gasteiger partial charge < -0.3 is 15.4 Å². The first-order valence-corrected chi connectivity index (χ1v) is 9.18. The molecular formula is C18H16ClN3O3S. The van der Waals surface area contributed by atoms with Gasteiger partial charge >= 0.3 is 5.97 Å². The first-order valence-electron chi connectivity index (χ1n) is 7.93. The fourth-order valence-electron chi connectivity index (χ4n) is 2.41. The molecular weight excluding hydrogens is 374 g/mol. The summed E-state index contributed by atoms with van der Waals surface area (Å²) in [5.74, 6) is -1.34. The summed E-state index contributed by atoms with van der Waals surface area (Å²) < 4.78 is 0. The summed E-state index contributed by atoms with van der Waals surface area (Å²) in [6.45, 7) is 1.90. The Balaban J connectivity index is 1.76. The number of aromatic carboxylic acids is 1. The molecule has 1 heterocycles. The third kappa shape index (κ3) is 4.00. The van der Waals surface area contributed by atoms with E-state index < -0.39 is 11.2 Å². The average molecular weight is 390 g/mol. The largest absolute Gasteiger partial charge is 0.478 e. The Morgan fingerprint density at radius 3 is 2.77 bits per heavy atom. The minimum atomic E-state index is -1.08. The number of aromatic nitrogens is 2. The number of imidazole rings is 1. The van der Waals surface area contributed by atoms with Crippen LogP contribution < -0.4 is 5.32 Å². The molecule has 0 spiro atoms. The van der Waals surface area contributed by atoms with Crippen molar-refractivity contribution in [2.75, 3.05) is 5.32 Å². The molecule has 1 amide bonds. The number of H-pyrrole nitrogens is 1. The van der Waals surface area contributed by atoms with Gasteiger partial charge in [0.1, 0.15) is 0 Å². The maximum Gasteiger partial charge on any atom is 0.335 e. The topological polar surface area (TPSA) is 95.1 Å². The predicted molar refractivity (Wildman–Crippen MR) is 103 cm³/mol. The number of hydrogen-bond donors (Lipinski definition) is 3. The number of anilines is 1. The molecule has 0 saturated heterocycles. The van der Waals surface area contributed by atoms with Crippen molar-refractivity contribution in [1.82, 2.24) is 9.97 Å². The van der Waals surface area contributed by atoms with Crippen LogP contribution in [0.2, 0.25) is 5.02 Å². The number of halogens is 1. The number of carbonyl (C=O) groups excluding carboxylic acids is 1. The third-order valence-corrected chi connectivity index (χ3v) is 5.33. The number of amides is 1. The molecule has 0 aliphatic heterocycles. The van der Waals surface area contributed by atoms with Crippen molar-refractivity contribution in [3.05, 3.63) is 53.1 Å². The van der Waals surface area contributed by atoms with Crippen molar-refractivity contribution in [1.29, 1.82) is 0 Å². The van der Waals surface area contributed by atoms with Crippen molar-refractivity contribution in [3.8, 4) is 0 Å². The number of carboxylic acids is 1. The molecule has 0 aliphatic carbocycles. The lowest BCUT2D eigenvalue weighted by Gasteiger charge is -2.14. The SMILES string of the molecule is CCC(Sc1nc2ccccc2[nH]1)C(=O)Nc1cc(C(=O)O)ccc1Cl. The number of aromatic amines is 1. The fraction of sp³-hybridized carbons (Fsp3) is 0.167. The van der Waals surface area contributed by atoms with Crippen LogP contribution in [0.1, 0.15) is 23.7 Å². The van der Waals surface area contributed by atoms with Crippen molar-refractivity contribution in [3.63, 3.8) is 0 Å². The first-order chi connectivity index (χ1) is 12.5. The first kappa shape index (κ1) is 18.3. The van der Waals surface area contributed by atoms with E-state index in [1.54, 1.807) is 0 Å². The highest BCUT2D eigenvalue weighted by Gasteiger charge is 2.21. The van der Waals surface area contributed by atoms with Crippen LogP contribution in [0.15, 0.2) is 47.6 Å². The zero-order chi connectivity index (χ0) is 18.7. The maximum absolute atomic E-state index is 12.6. The molecule has 134 valence electrons. The van der Waals surface area contributed by atoms with Crippen molar-refractivity contribution in [2.24, 2.45) is 0 Å². The van der Waals surface area contributed by atoms with Gasteiger partial charge in [-0.15, -0.1) is 0 Å². The molecule has 0 fully saturated rings. The molecule has 1 atom stereocenters. The number of nitrogens with zero attached hydrogens (tertiary/aromatic N) is 1. The summed E-state index contributed by atoms with van der Waals surface area (Å²) in [5.41, 5.74) is 2.08. The average Bonchev–Trinajstić information content (AvgIpc) is 3.03. The van der Waals surface area contributed by atoms with Gasteiger partial charge in [0.05, 0.1) is 32.6 Å². The Hall–Kier alpha value is -2.51. The van der Waals surface area contributed by atoms with E-state index in [-0.39, 0.29) is 22.2 Å². The van der Waals surface area contributed by atoms with Gasteiger partial charge in [0.2, 0.25) is 5.91 Å². The summed E-state index contributed by atoms with van der Waals surface area (Å²) in [4.78, 5) is 31.4. The Bertz CT molecular complexity index is 940. The Labute approximate surface area is 159 Å². The second-order valence-electron chi connectivity index (χ2n) is 5.56. The van der Waals surface area contributed by atoms with E-state index in [0.29, 0.717) is 11.6 Å². The van der Waals surface area contributed by atoms with E-state index in [2.05, 4.69) is 15.3 Å².